The van der Waals surface area contributed by atoms with Crippen molar-refractivity contribution in [2.75, 3.05) is 12.9 Å². The van der Waals surface area contributed by atoms with Crippen LogP contribution in [-0.4, -0.2) is 43.1 Å². The molecule has 0 saturated heterocycles. The van der Waals surface area contributed by atoms with Crippen molar-refractivity contribution in [3.63, 3.8) is 0 Å². The monoisotopic (exact) mass is 484 g/mol. The fourth-order valence-electron chi connectivity index (χ4n) is 3.94. The molecule has 3 aromatic carbocycles. The topological polar surface area (TPSA) is 86.9 Å². The molecule has 0 aliphatic carbocycles. The molecule has 2 heterocycles. The zero-order valence-electron chi connectivity index (χ0n) is 19.3. The molecule has 9 heteroatoms. The normalized spacial score (nSPS) is 11.9. The molecule has 2 aromatic heterocycles. The lowest BCUT2D eigenvalue weighted by atomic mass is 10.1. The molecule has 1 atom stereocenters. The van der Waals surface area contributed by atoms with Crippen molar-refractivity contribution in [2.45, 2.75) is 11.2 Å². The molecule has 1 unspecified atom stereocenters. The Morgan fingerprint density at radius 3 is 2.51 bits per heavy atom. The van der Waals surface area contributed by atoms with Gasteiger partial charge in [-0.15, -0.1) is 10.2 Å². The Morgan fingerprint density at radius 1 is 1.03 bits per heavy atom. The molecule has 5 aromatic rings. The average Bonchev–Trinajstić information content (AvgIpc) is 3.51. The van der Waals surface area contributed by atoms with E-state index in [9.17, 15) is 4.79 Å². The predicted molar refractivity (Wildman–Crippen MR) is 136 cm³/mol. The molecular formula is C26H24N6O2S. The van der Waals surface area contributed by atoms with Gasteiger partial charge in [-0.05, 0) is 42.0 Å². The highest BCUT2D eigenvalue weighted by molar-refractivity contribution is 7.99. The van der Waals surface area contributed by atoms with Crippen molar-refractivity contribution < 1.29 is 9.53 Å². The summed E-state index contributed by atoms with van der Waals surface area (Å²) in [6.07, 6.45) is 1.63. The largest absolute Gasteiger partial charge is 0.497 e. The number of rotatable bonds is 8. The van der Waals surface area contributed by atoms with Gasteiger partial charge in [-0.25, -0.2) is 4.98 Å². The van der Waals surface area contributed by atoms with Gasteiger partial charge in [0.15, 0.2) is 5.16 Å². The number of nitrogens with zero attached hydrogens (tertiary/aromatic N) is 5. The van der Waals surface area contributed by atoms with Crippen LogP contribution in [0.1, 0.15) is 17.4 Å². The highest BCUT2D eigenvalue weighted by Gasteiger charge is 2.23. The third kappa shape index (κ3) is 4.76. The van der Waals surface area contributed by atoms with Crippen LogP contribution in [0.4, 0.5) is 0 Å². The Labute approximate surface area is 207 Å². The number of hydrogen-bond acceptors (Lipinski definition) is 6. The lowest BCUT2D eigenvalue weighted by Crippen LogP contribution is -2.32. The summed E-state index contributed by atoms with van der Waals surface area (Å²) < 4.78 is 9.10. The van der Waals surface area contributed by atoms with Crippen LogP contribution in [0.15, 0.2) is 90.3 Å². The summed E-state index contributed by atoms with van der Waals surface area (Å²) in [5, 5.41) is 12.0. The number of methoxy groups -OCH3 is 1. The van der Waals surface area contributed by atoms with Gasteiger partial charge in [0, 0.05) is 12.7 Å². The molecule has 0 aliphatic heterocycles. The van der Waals surface area contributed by atoms with Crippen molar-refractivity contribution >= 4 is 28.7 Å². The number of nitrogens with one attached hydrogen (secondary N) is 1. The van der Waals surface area contributed by atoms with E-state index in [1.54, 1.807) is 13.4 Å². The molecule has 5 rings (SSSR count). The highest BCUT2D eigenvalue weighted by atomic mass is 32.2. The fraction of sp³-hybridized carbons (Fsp3) is 0.154. The molecule has 0 saturated carbocycles. The van der Waals surface area contributed by atoms with Crippen LogP contribution in [0, 0.1) is 0 Å². The Balaban J connectivity index is 1.35. The van der Waals surface area contributed by atoms with Gasteiger partial charge < -0.3 is 14.6 Å². The lowest BCUT2D eigenvalue weighted by Gasteiger charge is -2.19. The average molecular weight is 485 g/mol. The van der Waals surface area contributed by atoms with Gasteiger partial charge in [-0.2, -0.15) is 0 Å². The smallest absolute Gasteiger partial charge is 0.231 e. The Morgan fingerprint density at radius 2 is 1.77 bits per heavy atom. The zero-order chi connectivity index (χ0) is 24.2. The number of aromatic nitrogens is 5. The number of hydrogen-bond donors (Lipinski definition) is 1. The van der Waals surface area contributed by atoms with E-state index >= 15 is 0 Å². The van der Waals surface area contributed by atoms with Crippen molar-refractivity contribution in [3.8, 4) is 11.4 Å². The maximum absolute atomic E-state index is 13.1. The first-order chi connectivity index (χ1) is 17.1. The Kier molecular flexibility index (Phi) is 6.49. The number of fused-ring (bicyclic) bond motifs is 1. The maximum atomic E-state index is 13.1. The standard InChI is InChI=1S/C26H24N6O2S/c1-31-22-11-7-6-10-21(22)28-25(31)24(18-8-4-3-5-9-18)29-23(33)16-35-26-30-27-17-32(26)19-12-14-20(34-2)15-13-19/h3-15,17,24H,16H2,1-2H3,(H,29,33). The van der Waals surface area contributed by atoms with Crippen LogP contribution >= 0.6 is 11.8 Å². The number of ether oxygens (including phenoxy) is 1. The number of carbonyl (C=O) groups excluding carboxylic acids is 1. The fourth-order valence-corrected chi connectivity index (χ4v) is 4.68. The van der Waals surface area contributed by atoms with Gasteiger partial charge in [0.1, 0.15) is 23.9 Å². The van der Waals surface area contributed by atoms with E-state index in [4.69, 9.17) is 9.72 Å². The van der Waals surface area contributed by atoms with E-state index in [1.165, 1.54) is 11.8 Å². The molecule has 0 bridgehead atoms. The summed E-state index contributed by atoms with van der Waals surface area (Å²) in [6, 6.07) is 25.0. The number of benzene rings is 3. The number of para-hydroxylation sites is 2. The minimum absolute atomic E-state index is 0.125. The molecule has 0 fully saturated rings. The summed E-state index contributed by atoms with van der Waals surface area (Å²) in [5.74, 6) is 1.60. The Bertz CT molecular complexity index is 1450. The summed E-state index contributed by atoms with van der Waals surface area (Å²) >= 11 is 1.33. The summed E-state index contributed by atoms with van der Waals surface area (Å²) in [5.41, 5.74) is 3.76. The van der Waals surface area contributed by atoms with E-state index in [2.05, 4.69) is 15.5 Å². The van der Waals surface area contributed by atoms with Gasteiger partial charge in [-0.3, -0.25) is 9.36 Å². The highest BCUT2D eigenvalue weighted by Crippen LogP contribution is 2.26. The van der Waals surface area contributed by atoms with Crippen molar-refractivity contribution in [1.29, 1.82) is 0 Å². The lowest BCUT2D eigenvalue weighted by molar-refractivity contribution is -0.119. The van der Waals surface area contributed by atoms with Crippen LogP contribution in [-0.2, 0) is 11.8 Å². The molecule has 0 spiro atoms. The van der Waals surface area contributed by atoms with Crippen LogP contribution in [0.25, 0.3) is 16.7 Å². The van der Waals surface area contributed by atoms with Crippen molar-refractivity contribution in [2.24, 2.45) is 7.05 Å². The first-order valence-corrected chi connectivity index (χ1v) is 12.1. The molecule has 35 heavy (non-hydrogen) atoms. The van der Waals surface area contributed by atoms with Gasteiger partial charge in [0.2, 0.25) is 5.91 Å². The number of thioether (sulfide) groups is 1. The van der Waals surface area contributed by atoms with Gasteiger partial charge in [0.05, 0.1) is 23.9 Å². The van der Waals surface area contributed by atoms with Crippen LogP contribution in [0.5, 0.6) is 5.75 Å². The minimum atomic E-state index is -0.388. The second-order valence-corrected chi connectivity index (χ2v) is 8.84. The summed E-state index contributed by atoms with van der Waals surface area (Å²) in [7, 11) is 3.60. The van der Waals surface area contributed by atoms with Crippen LogP contribution < -0.4 is 10.1 Å². The summed E-state index contributed by atoms with van der Waals surface area (Å²) in [4.78, 5) is 17.9. The molecule has 0 radical (unpaired) electrons. The van der Waals surface area contributed by atoms with Crippen molar-refractivity contribution in [3.05, 3.63) is 96.6 Å². The maximum Gasteiger partial charge on any atom is 0.231 e. The Hall–Kier alpha value is -4.11. The number of imidazole rings is 1. The number of aryl methyl sites for hydroxylation is 1. The second-order valence-electron chi connectivity index (χ2n) is 7.90. The van der Waals surface area contributed by atoms with Crippen LogP contribution in [0.2, 0.25) is 0 Å². The molecule has 0 aliphatic rings. The minimum Gasteiger partial charge on any atom is -0.497 e. The number of carbonyl (C=O) groups is 1. The van der Waals surface area contributed by atoms with E-state index in [-0.39, 0.29) is 17.7 Å². The second kappa shape index (κ2) is 10.0. The molecule has 8 nitrogen and oxygen atoms in total. The quantitative estimate of drug-likeness (QED) is 0.333. The predicted octanol–water partition coefficient (Wildman–Crippen LogP) is 4.16. The first-order valence-electron chi connectivity index (χ1n) is 11.1. The SMILES string of the molecule is COc1ccc(-n2cnnc2SCC(=O)NC(c2ccccc2)c2nc3ccccc3n2C)cc1. The first kappa shape index (κ1) is 22.7. The molecule has 1 N–H and O–H groups in total. The number of amides is 1. The van der Waals surface area contributed by atoms with Gasteiger partial charge in [-0.1, -0.05) is 54.2 Å². The van der Waals surface area contributed by atoms with Crippen LogP contribution in [0.3, 0.4) is 0 Å². The molecule has 1 amide bonds. The van der Waals surface area contributed by atoms with Crippen molar-refractivity contribution in [1.82, 2.24) is 29.6 Å². The van der Waals surface area contributed by atoms with Gasteiger partial charge in [0.25, 0.3) is 0 Å². The summed E-state index contributed by atoms with van der Waals surface area (Å²) in [6.45, 7) is 0. The molecule has 176 valence electrons. The third-order valence-corrected chi connectivity index (χ3v) is 6.66. The van der Waals surface area contributed by atoms with Gasteiger partial charge >= 0.3 is 0 Å². The molecular weight excluding hydrogens is 460 g/mol. The van der Waals surface area contributed by atoms with E-state index in [1.807, 2.05) is 95.0 Å². The van der Waals surface area contributed by atoms with E-state index in [0.717, 1.165) is 33.9 Å². The van der Waals surface area contributed by atoms with E-state index < -0.39 is 0 Å². The zero-order valence-corrected chi connectivity index (χ0v) is 20.1. The van der Waals surface area contributed by atoms with E-state index in [0.29, 0.717) is 5.16 Å². The third-order valence-electron chi connectivity index (χ3n) is 5.72.